The number of hydrogen-bond donors (Lipinski definition) is 2. The summed E-state index contributed by atoms with van der Waals surface area (Å²) in [5.41, 5.74) is 3.27. The molecule has 3 amide bonds. The molecule has 1 atom stereocenters. The molecule has 4 aliphatic heterocycles. The number of imide groups is 1. The van der Waals surface area contributed by atoms with Crippen molar-refractivity contribution in [3.05, 3.63) is 65.4 Å². The summed E-state index contributed by atoms with van der Waals surface area (Å²) in [5, 5.41) is 11.7. The molecule has 4 saturated heterocycles. The van der Waals surface area contributed by atoms with Gasteiger partial charge in [-0.2, -0.15) is 9.40 Å². The van der Waals surface area contributed by atoms with Crippen molar-refractivity contribution in [1.29, 1.82) is 0 Å². The standard InChI is InChI=1S/C39H49ClN10O4S/c1-46-35-22-29(7-8-34(35)37(45-46)50-21-14-36(51)44-39(50)52)28-10-16-47(17-11-28)26-27-4-3-15-48(18-9-27)32-5-2-6-33(23-32)55(53,54)49-19-12-31(13-20-49)43-38-41-24-30(40)25-42-38/h2,5-8,22-25,27-28,31H,3-4,9-21,26H2,1H3,(H,41,42,43)(H,44,51,52). The van der Waals surface area contributed by atoms with Crippen LogP contribution in [-0.2, 0) is 21.9 Å². The van der Waals surface area contributed by atoms with Crippen LogP contribution in [0.5, 0.6) is 0 Å². The molecule has 14 nitrogen and oxygen atoms in total. The molecule has 0 bridgehead atoms. The van der Waals surface area contributed by atoms with Gasteiger partial charge in [0.25, 0.3) is 0 Å². The third-order valence-corrected chi connectivity index (χ3v) is 13.9. The highest BCUT2D eigenvalue weighted by molar-refractivity contribution is 7.89. The molecule has 6 heterocycles. The van der Waals surface area contributed by atoms with Gasteiger partial charge in [-0.05, 0) is 106 Å². The largest absolute Gasteiger partial charge is 0.371 e. The maximum atomic E-state index is 13.7. The normalized spacial score (nSPS) is 21.5. The second kappa shape index (κ2) is 16.0. The number of hydrogen-bond acceptors (Lipinski definition) is 10. The van der Waals surface area contributed by atoms with Gasteiger partial charge in [0.2, 0.25) is 21.9 Å². The Morgan fingerprint density at radius 3 is 2.44 bits per heavy atom. The Morgan fingerprint density at radius 1 is 0.891 bits per heavy atom. The molecule has 16 heteroatoms. The lowest BCUT2D eigenvalue weighted by molar-refractivity contribution is -0.120. The molecule has 1 unspecified atom stereocenters. The van der Waals surface area contributed by atoms with E-state index in [2.05, 4.69) is 53.7 Å². The maximum Gasteiger partial charge on any atom is 0.329 e. The molecule has 4 aliphatic rings. The summed E-state index contributed by atoms with van der Waals surface area (Å²) in [6.45, 7) is 6.25. The van der Waals surface area contributed by atoms with Crippen molar-refractivity contribution in [2.24, 2.45) is 13.0 Å². The summed E-state index contributed by atoms with van der Waals surface area (Å²) in [6.07, 6.45) is 10.2. The zero-order valence-corrected chi connectivity index (χ0v) is 32.8. The lowest BCUT2D eigenvalue weighted by Crippen LogP contribution is -2.49. The number of piperidine rings is 2. The molecule has 0 radical (unpaired) electrons. The van der Waals surface area contributed by atoms with Gasteiger partial charge in [-0.15, -0.1) is 0 Å². The van der Waals surface area contributed by atoms with Crippen LogP contribution in [0.15, 0.2) is 59.8 Å². The van der Waals surface area contributed by atoms with Gasteiger partial charge in [-0.1, -0.05) is 23.7 Å². The van der Waals surface area contributed by atoms with Gasteiger partial charge in [0.05, 0.1) is 27.8 Å². The lowest BCUT2D eigenvalue weighted by atomic mass is 9.88. The van der Waals surface area contributed by atoms with E-state index >= 15 is 0 Å². The molecule has 2 aromatic carbocycles. The van der Waals surface area contributed by atoms with Crippen LogP contribution in [-0.4, -0.2) is 108 Å². The van der Waals surface area contributed by atoms with Gasteiger partial charge in [-0.3, -0.25) is 19.7 Å². The number of urea groups is 1. The van der Waals surface area contributed by atoms with Gasteiger partial charge in [-0.25, -0.2) is 23.2 Å². The molecule has 55 heavy (non-hydrogen) atoms. The van der Waals surface area contributed by atoms with Gasteiger partial charge in [0, 0.05) is 69.9 Å². The quantitative estimate of drug-likeness (QED) is 0.232. The number of halogens is 1. The minimum absolute atomic E-state index is 0.0973. The first-order valence-corrected chi connectivity index (χ1v) is 21.3. The van der Waals surface area contributed by atoms with E-state index in [1.807, 2.05) is 29.9 Å². The molecular formula is C39H49ClN10O4S. The number of nitrogens with one attached hydrogen (secondary N) is 2. The van der Waals surface area contributed by atoms with E-state index in [-0.39, 0.29) is 18.4 Å². The SMILES string of the molecule is Cn1nc(N2CCC(=O)NC2=O)c2ccc(C3CCN(CC4CCCN(c5cccc(S(=O)(=O)N6CCC(Nc7ncc(Cl)cn7)CC6)c5)CC4)CC3)cc21. The van der Waals surface area contributed by atoms with Crippen molar-refractivity contribution in [3.63, 3.8) is 0 Å². The van der Waals surface area contributed by atoms with Gasteiger partial charge in [0.1, 0.15) is 0 Å². The van der Waals surface area contributed by atoms with E-state index < -0.39 is 16.1 Å². The van der Waals surface area contributed by atoms with Crippen LogP contribution in [0.2, 0.25) is 5.02 Å². The van der Waals surface area contributed by atoms with Crippen molar-refractivity contribution in [3.8, 4) is 0 Å². The predicted octanol–water partition coefficient (Wildman–Crippen LogP) is 5.21. The maximum absolute atomic E-state index is 13.7. The zero-order valence-electron chi connectivity index (χ0n) is 31.2. The monoisotopic (exact) mass is 788 g/mol. The van der Waals surface area contributed by atoms with Crippen LogP contribution in [0, 0.1) is 5.92 Å². The van der Waals surface area contributed by atoms with Gasteiger partial charge >= 0.3 is 6.03 Å². The average molecular weight is 789 g/mol. The highest BCUT2D eigenvalue weighted by Gasteiger charge is 2.32. The first-order valence-electron chi connectivity index (χ1n) is 19.5. The molecule has 292 valence electrons. The van der Waals surface area contributed by atoms with Crippen LogP contribution < -0.4 is 20.4 Å². The fourth-order valence-electron chi connectivity index (χ4n) is 8.69. The number of amides is 3. The number of carbonyl (C=O) groups is 2. The number of nitrogens with zero attached hydrogens (tertiary/aromatic N) is 8. The number of rotatable bonds is 9. The van der Waals surface area contributed by atoms with Crippen LogP contribution in [0.25, 0.3) is 10.9 Å². The number of aryl methyl sites for hydroxylation is 1. The van der Waals surface area contributed by atoms with E-state index in [9.17, 15) is 18.0 Å². The molecular weight excluding hydrogens is 740 g/mol. The molecule has 2 aromatic heterocycles. The summed E-state index contributed by atoms with van der Waals surface area (Å²) in [7, 11) is -1.71. The van der Waals surface area contributed by atoms with Crippen molar-refractivity contribution < 1.29 is 18.0 Å². The lowest BCUT2D eigenvalue weighted by Gasteiger charge is -2.34. The van der Waals surface area contributed by atoms with Crippen LogP contribution in [0.3, 0.4) is 0 Å². The summed E-state index contributed by atoms with van der Waals surface area (Å²) >= 11 is 5.90. The van der Waals surface area contributed by atoms with E-state index in [1.165, 1.54) is 12.0 Å². The molecule has 4 fully saturated rings. The third kappa shape index (κ3) is 8.30. The Hall–Kier alpha value is -4.31. The number of likely N-dealkylation sites (tertiary alicyclic amines) is 1. The first kappa shape index (κ1) is 37.6. The Kier molecular flexibility index (Phi) is 11.0. The highest BCUT2D eigenvalue weighted by Crippen LogP contribution is 2.35. The van der Waals surface area contributed by atoms with E-state index in [4.69, 9.17) is 11.6 Å². The average Bonchev–Trinajstić information content (AvgIpc) is 3.34. The smallest absolute Gasteiger partial charge is 0.329 e. The topological polar surface area (TPSA) is 149 Å². The zero-order chi connectivity index (χ0) is 38.1. The van der Waals surface area contributed by atoms with E-state index in [0.29, 0.717) is 66.0 Å². The van der Waals surface area contributed by atoms with Crippen molar-refractivity contribution in [2.75, 3.05) is 67.5 Å². The van der Waals surface area contributed by atoms with Crippen LogP contribution in [0.4, 0.5) is 22.2 Å². The summed E-state index contributed by atoms with van der Waals surface area (Å²) in [5.74, 6) is 1.92. The third-order valence-electron chi connectivity index (χ3n) is 11.8. The molecule has 0 spiro atoms. The van der Waals surface area contributed by atoms with Crippen LogP contribution in [0.1, 0.15) is 62.8 Å². The summed E-state index contributed by atoms with van der Waals surface area (Å²) in [4.78, 5) is 39.5. The number of benzene rings is 2. The fourth-order valence-corrected chi connectivity index (χ4v) is 10.3. The Labute approximate surface area is 327 Å². The van der Waals surface area contributed by atoms with Gasteiger partial charge < -0.3 is 15.1 Å². The Balaban J connectivity index is 0.823. The number of anilines is 3. The van der Waals surface area contributed by atoms with Crippen molar-refractivity contribution >= 4 is 61.9 Å². The highest BCUT2D eigenvalue weighted by atomic mass is 35.5. The summed E-state index contributed by atoms with van der Waals surface area (Å²) < 4.78 is 30.9. The van der Waals surface area contributed by atoms with Crippen molar-refractivity contribution in [1.82, 2.24) is 34.3 Å². The van der Waals surface area contributed by atoms with Crippen molar-refractivity contribution in [2.45, 2.75) is 68.2 Å². The van der Waals surface area contributed by atoms with E-state index in [0.717, 1.165) is 75.0 Å². The molecule has 0 saturated carbocycles. The van der Waals surface area contributed by atoms with E-state index in [1.54, 1.807) is 27.7 Å². The molecule has 8 rings (SSSR count). The minimum atomic E-state index is -3.62. The van der Waals surface area contributed by atoms with Crippen LogP contribution >= 0.6 is 11.6 Å². The first-order chi connectivity index (χ1) is 26.6. The van der Waals surface area contributed by atoms with Gasteiger partial charge in [0.15, 0.2) is 5.82 Å². The number of fused-ring (bicyclic) bond motifs is 1. The fraction of sp³-hybridized carbons (Fsp3) is 0.513. The molecule has 4 aromatic rings. The Morgan fingerprint density at radius 2 is 1.67 bits per heavy atom. The summed E-state index contributed by atoms with van der Waals surface area (Å²) in [6, 6.07) is 13.7. The Bertz CT molecular complexity index is 2130. The predicted molar refractivity (Wildman–Crippen MR) is 213 cm³/mol. The molecule has 0 aliphatic carbocycles. The number of aromatic nitrogens is 4. The minimum Gasteiger partial charge on any atom is -0.371 e. The second-order valence-corrected chi connectivity index (χ2v) is 17.8. The number of carbonyl (C=O) groups excluding carboxylic acids is 2. The molecule has 2 N–H and O–H groups in total. The second-order valence-electron chi connectivity index (χ2n) is 15.4. The number of sulfonamides is 1.